The number of benzene rings is 1. The Kier molecular flexibility index (Phi) is 5.90. The molecule has 6 heteroatoms. The molecule has 1 aromatic heterocycles. The minimum atomic E-state index is -0.188. The van der Waals surface area contributed by atoms with Gasteiger partial charge in [0.15, 0.2) is 0 Å². The average Bonchev–Trinajstić information content (AvgIpc) is 3.03. The van der Waals surface area contributed by atoms with E-state index in [-0.39, 0.29) is 11.9 Å². The molecule has 1 heterocycles. The molecule has 0 saturated heterocycles. The first kappa shape index (κ1) is 15.2. The second-order valence-electron chi connectivity index (χ2n) is 4.86. The highest BCUT2D eigenvalue weighted by Gasteiger charge is 2.13. The summed E-state index contributed by atoms with van der Waals surface area (Å²) in [4.78, 5) is 11.8. The first-order chi connectivity index (χ1) is 10.3. The molecular formula is C15H20N4O2. The molecule has 0 spiro atoms. The summed E-state index contributed by atoms with van der Waals surface area (Å²) in [7, 11) is 0. The Hall–Kier alpha value is -2.21. The zero-order valence-electron chi connectivity index (χ0n) is 12.1. The predicted octanol–water partition coefficient (Wildman–Crippen LogP) is 1.25. The zero-order valence-corrected chi connectivity index (χ0v) is 12.1. The molecule has 1 aromatic carbocycles. The molecular weight excluding hydrogens is 268 g/mol. The van der Waals surface area contributed by atoms with Crippen LogP contribution in [-0.2, 0) is 22.7 Å². The quantitative estimate of drug-likeness (QED) is 0.585. The van der Waals surface area contributed by atoms with Crippen LogP contribution >= 0.6 is 0 Å². The van der Waals surface area contributed by atoms with Crippen molar-refractivity contribution in [3.05, 3.63) is 48.3 Å². The highest BCUT2D eigenvalue weighted by Crippen LogP contribution is 2.04. The normalized spacial score (nSPS) is 12.0. The Labute approximate surface area is 124 Å². The number of hydrogen-bond donors (Lipinski definition) is 1. The summed E-state index contributed by atoms with van der Waals surface area (Å²) in [5.41, 5.74) is 0.997. The highest BCUT2D eigenvalue weighted by molar-refractivity contribution is 5.72. The maximum atomic E-state index is 11.8. The van der Waals surface area contributed by atoms with E-state index >= 15 is 0 Å². The lowest BCUT2D eigenvalue weighted by molar-refractivity contribution is -0.149. The van der Waals surface area contributed by atoms with Crippen LogP contribution in [0.15, 0.2) is 42.7 Å². The molecule has 6 nitrogen and oxygen atoms in total. The number of nitrogens with one attached hydrogen (secondary N) is 1. The summed E-state index contributed by atoms with van der Waals surface area (Å²) >= 11 is 0. The fourth-order valence-electron chi connectivity index (χ4n) is 1.82. The van der Waals surface area contributed by atoms with Crippen LogP contribution in [0.5, 0.6) is 0 Å². The van der Waals surface area contributed by atoms with E-state index in [1.165, 1.54) is 0 Å². The SMILES string of the molecule is CC(CNCCn1ccnn1)C(=O)OCc1ccccc1. The van der Waals surface area contributed by atoms with Gasteiger partial charge >= 0.3 is 5.97 Å². The molecule has 2 aromatic rings. The molecule has 0 saturated carbocycles. The van der Waals surface area contributed by atoms with Crippen LogP contribution in [0.4, 0.5) is 0 Å². The van der Waals surface area contributed by atoms with Gasteiger partial charge in [0.2, 0.25) is 0 Å². The maximum Gasteiger partial charge on any atom is 0.310 e. The second kappa shape index (κ2) is 8.16. The molecule has 1 N–H and O–H groups in total. The van der Waals surface area contributed by atoms with Crippen molar-refractivity contribution in [2.75, 3.05) is 13.1 Å². The molecule has 0 fully saturated rings. The molecule has 2 rings (SSSR count). The Morgan fingerprint density at radius 2 is 2.19 bits per heavy atom. The number of carbonyl (C=O) groups excluding carboxylic acids is 1. The first-order valence-corrected chi connectivity index (χ1v) is 7.01. The molecule has 112 valence electrons. The molecule has 0 aliphatic rings. The smallest absolute Gasteiger partial charge is 0.310 e. The third-order valence-electron chi connectivity index (χ3n) is 3.07. The topological polar surface area (TPSA) is 69.0 Å². The van der Waals surface area contributed by atoms with Crippen molar-refractivity contribution in [1.82, 2.24) is 20.3 Å². The van der Waals surface area contributed by atoms with Gasteiger partial charge in [0.25, 0.3) is 0 Å². The maximum absolute atomic E-state index is 11.8. The van der Waals surface area contributed by atoms with Crippen molar-refractivity contribution < 1.29 is 9.53 Å². The van der Waals surface area contributed by atoms with E-state index < -0.39 is 0 Å². The van der Waals surface area contributed by atoms with Gasteiger partial charge in [-0.1, -0.05) is 42.5 Å². The molecule has 0 radical (unpaired) electrons. The van der Waals surface area contributed by atoms with E-state index in [4.69, 9.17) is 4.74 Å². The van der Waals surface area contributed by atoms with Gasteiger partial charge in [0.05, 0.1) is 18.7 Å². The van der Waals surface area contributed by atoms with Gasteiger partial charge in [0, 0.05) is 19.3 Å². The zero-order chi connectivity index (χ0) is 14.9. The van der Waals surface area contributed by atoms with Crippen LogP contribution in [-0.4, -0.2) is 34.1 Å². The third-order valence-corrected chi connectivity index (χ3v) is 3.07. The van der Waals surface area contributed by atoms with E-state index in [1.807, 2.05) is 37.3 Å². The number of nitrogens with zero attached hydrogens (tertiary/aromatic N) is 3. The standard InChI is InChI=1S/C15H20N4O2/c1-13(11-16-7-9-19-10-8-17-18-19)15(20)21-12-14-5-3-2-4-6-14/h2-6,8,10,13,16H,7,9,11-12H2,1H3. The highest BCUT2D eigenvalue weighted by atomic mass is 16.5. The number of ether oxygens (including phenoxy) is 1. The van der Waals surface area contributed by atoms with Crippen LogP contribution in [0.2, 0.25) is 0 Å². The van der Waals surface area contributed by atoms with Crippen molar-refractivity contribution in [2.45, 2.75) is 20.1 Å². The average molecular weight is 288 g/mol. The molecule has 21 heavy (non-hydrogen) atoms. The van der Waals surface area contributed by atoms with E-state index in [0.717, 1.165) is 18.7 Å². The van der Waals surface area contributed by atoms with Crippen LogP contribution in [0, 0.1) is 5.92 Å². The molecule has 0 bridgehead atoms. The molecule has 0 aliphatic carbocycles. The monoisotopic (exact) mass is 288 g/mol. The minimum absolute atomic E-state index is 0.176. The lowest BCUT2D eigenvalue weighted by Crippen LogP contribution is -2.30. The van der Waals surface area contributed by atoms with Crippen LogP contribution in [0.1, 0.15) is 12.5 Å². The van der Waals surface area contributed by atoms with Crippen LogP contribution < -0.4 is 5.32 Å². The van der Waals surface area contributed by atoms with Gasteiger partial charge in [-0.3, -0.25) is 9.48 Å². The number of aromatic nitrogens is 3. The lowest BCUT2D eigenvalue weighted by Gasteiger charge is -2.12. The number of esters is 1. The van der Waals surface area contributed by atoms with Gasteiger partial charge in [-0.05, 0) is 5.56 Å². The predicted molar refractivity (Wildman–Crippen MR) is 78.3 cm³/mol. The summed E-state index contributed by atoms with van der Waals surface area (Å²) in [6.45, 7) is 4.23. The fourth-order valence-corrected chi connectivity index (χ4v) is 1.82. The summed E-state index contributed by atoms with van der Waals surface area (Å²) in [5, 5.41) is 10.8. The van der Waals surface area contributed by atoms with Crippen molar-refractivity contribution in [2.24, 2.45) is 5.92 Å². The summed E-state index contributed by atoms with van der Waals surface area (Å²) in [6.07, 6.45) is 3.45. The number of rotatable bonds is 8. The Morgan fingerprint density at radius 3 is 2.90 bits per heavy atom. The van der Waals surface area contributed by atoms with E-state index in [0.29, 0.717) is 13.2 Å². The summed E-state index contributed by atoms with van der Waals surface area (Å²) < 4.78 is 7.03. The van der Waals surface area contributed by atoms with Crippen LogP contribution in [0.3, 0.4) is 0 Å². The second-order valence-corrected chi connectivity index (χ2v) is 4.86. The molecule has 0 aliphatic heterocycles. The van der Waals surface area contributed by atoms with Crippen molar-refractivity contribution in [3.8, 4) is 0 Å². The van der Waals surface area contributed by atoms with E-state index in [1.54, 1.807) is 17.1 Å². The van der Waals surface area contributed by atoms with Crippen LogP contribution in [0.25, 0.3) is 0 Å². The fraction of sp³-hybridized carbons (Fsp3) is 0.400. The largest absolute Gasteiger partial charge is 0.461 e. The first-order valence-electron chi connectivity index (χ1n) is 7.01. The Balaban J connectivity index is 1.61. The van der Waals surface area contributed by atoms with Gasteiger partial charge in [-0.2, -0.15) is 0 Å². The Bertz CT molecular complexity index is 528. The molecule has 0 amide bonds. The summed E-state index contributed by atoms with van der Waals surface area (Å²) in [6, 6.07) is 9.67. The van der Waals surface area contributed by atoms with E-state index in [9.17, 15) is 4.79 Å². The van der Waals surface area contributed by atoms with Gasteiger partial charge < -0.3 is 10.1 Å². The van der Waals surface area contributed by atoms with Gasteiger partial charge in [-0.15, -0.1) is 5.10 Å². The molecule has 1 atom stereocenters. The number of hydrogen-bond acceptors (Lipinski definition) is 5. The minimum Gasteiger partial charge on any atom is -0.461 e. The van der Waals surface area contributed by atoms with Gasteiger partial charge in [0.1, 0.15) is 6.61 Å². The summed E-state index contributed by atoms with van der Waals surface area (Å²) in [5.74, 6) is -0.364. The van der Waals surface area contributed by atoms with E-state index in [2.05, 4.69) is 15.6 Å². The molecule has 1 unspecified atom stereocenters. The van der Waals surface area contributed by atoms with Crippen molar-refractivity contribution in [1.29, 1.82) is 0 Å². The third kappa shape index (κ3) is 5.35. The Morgan fingerprint density at radius 1 is 1.38 bits per heavy atom. The van der Waals surface area contributed by atoms with Crippen molar-refractivity contribution in [3.63, 3.8) is 0 Å². The van der Waals surface area contributed by atoms with Crippen molar-refractivity contribution >= 4 is 5.97 Å². The number of carbonyl (C=O) groups is 1. The van der Waals surface area contributed by atoms with Gasteiger partial charge in [-0.25, -0.2) is 0 Å². The lowest BCUT2D eigenvalue weighted by atomic mass is 10.2.